The molecule has 9 heteroatoms. The summed E-state index contributed by atoms with van der Waals surface area (Å²) in [7, 11) is -3.30. The molecule has 0 aromatic carbocycles. The smallest absolute Gasteiger partial charge is 0.255 e. The molecule has 0 radical (unpaired) electrons. The van der Waals surface area contributed by atoms with Crippen LogP contribution in [0.5, 0.6) is 0 Å². The number of aromatic nitrogens is 1. The van der Waals surface area contributed by atoms with Gasteiger partial charge >= 0.3 is 0 Å². The van der Waals surface area contributed by atoms with Gasteiger partial charge in [0.1, 0.15) is 5.82 Å². The Labute approximate surface area is 153 Å². The van der Waals surface area contributed by atoms with Crippen molar-refractivity contribution < 1.29 is 18.0 Å². The fraction of sp³-hybridized carbons (Fsp3) is 0.588. The van der Waals surface area contributed by atoms with E-state index in [0.717, 1.165) is 0 Å². The molecule has 3 heterocycles. The van der Waals surface area contributed by atoms with Gasteiger partial charge < -0.3 is 15.5 Å². The summed E-state index contributed by atoms with van der Waals surface area (Å²) in [5.74, 6) is -0.0249. The van der Waals surface area contributed by atoms with Gasteiger partial charge in [-0.1, -0.05) is 13.8 Å². The highest BCUT2D eigenvalue weighted by Crippen LogP contribution is 2.29. The number of anilines is 1. The number of nitrogen functional groups attached to an aromatic ring is 1. The largest absolute Gasteiger partial charge is 0.384 e. The minimum Gasteiger partial charge on any atom is -0.384 e. The lowest BCUT2D eigenvalue weighted by Gasteiger charge is -2.44. The van der Waals surface area contributed by atoms with Crippen molar-refractivity contribution in [1.82, 2.24) is 14.8 Å². The molecule has 0 saturated carbocycles. The number of hydrogen-bond donors (Lipinski definition) is 1. The SMILES string of the molecule is CC(C)CC(=O)N1CCN(C(=O)c2ccc(N)nc2)C2CS(=O)(=O)CC21. The van der Waals surface area contributed by atoms with Gasteiger partial charge in [0.25, 0.3) is 5.91 Å². The molecule has 26 heavy (non-hydrogen) atoms. The summed E-state index contributed by atoms with van der Waals surface area (Å²) in [5, 5.41) is 0. The van der Waals surface area contributed by atoms with Crippen LogP contribution < -0.4 is 5.73 Å². The third kappa shape index (κ3) is 3.67. The lowest BCUT2D eigenvalue weighted by molar-refractivity contribution is -0.137. The standard InChI is InChI=1S/C17H24N4O4S/c1-11(2)7-16(22)20-5-6-21(14-10-26(24,25)9-13(14)20)17(23)12-3-4-15(18)19-8-12/h3-4,8,11,13-14H,5-7,9-10H2,1-2H3,(H2,18,19). The first-order chi connectivity index (χ1) is 12.2. The zero-order chi connectivity index (χ0) is 19.1. The maximum absolute atomic E-state index is 12.9. The number of fused-ring (bicyclic) bond motifs is 1. The summed E-state index contributed by atoms with van der Waals surface area (Å²) in [4.78, 5) is 32.6. The number of carbonyl (C=O) groups is 2. The minimum atomic E-state index is -3.30. The molecule has 2 aliphatic rings. The van der Waals surface area contributed by atoms with Crippen molar-refractivity contribution in [2.45, 2.75) is 32.4 Å². The Balaban J connectivity index is 1.85. The monoisotopic (exact) mass is 380 g/mol. The van der Waals surface area contributed by atoms with Crippen LogP contribution in [0.25, 0.3) is 0 Å². The third-order valence-electron chi connectivity index (χ3n) is 4.87. The Hall–Kier alpha value is -2.16. The number of nitrogens with two attached hydrogens (primary N) is 1. The van der Waals surface area contributed by atoms with Gasteiger partial charge in [-0.25, -0.2) is 13.4 Å². The number of pyridine rings is 1. The highest BCUT2D eigenvalue weighted by atomic mass is 32.2. The van der Waals surface area contributed by atoms with Crippen LogP contribution in [0.1, 0.15) is 30.6 Å². The molecule has 142 valence electrons. The first-order valence-corrected chi connectivity index (χ1v) is 10.5. The molecule has 0 spiro atoms. The molecule has 2 saturated heterocycles. The number of piperazine rings is 1. The zero-order valence-corrected chi connectivity index (χ0v) is 15.8. The average Bonchev–Trinajstić information content (AvgIpc) is 2.88. The van der Waals surface area contributed by atoms with Gasteiger partial charge in [0, 0.05) is 25.7 Å². The molecule has 0 bridgehead atoms. The fourth-order valence-corrected chi connectivity index (χ4v) is 5.66. The number of amides is 2. The van der Waals surface area contributed by atoms with E-state index >= 15 is 0 Å². The van der Waals surface area contributed by atoms with Crippen LogP contribution in [-0.2, 0) is 14.6 Å². The molecule has 2 amide bonds. The molecular weight excluding hydrogens is 356 g/mol. The van der Waals surface area contributed by atoms with E-state index in [1.165, 1.54) is 6.20 Å². The highest BCUT2D eigenvalue weighted by molar-refractivity contribution is 7.91. The van der Waals surface area contributed by atoms with Gasteiger partial charge in [0.05, 0.1) is 29.2 Å². The maximum Gasteiger partial charge on any atom is 0.255 e. The Morgan fingerprint density at radius 2 is 1.81 bits per heavy atom. The van der Waals surface area contributed by atoms with E-state index < -0.39 is 21.9 Å². The first-order valence-electron chi connectivity index (χ1n) is 8.70. The Morgan fingerprint density at radius 1 is 1.19 bits per heavy atom. The molecule has 8 nitrogen and oxygen atoms in total. The quantitative estimate of drug-likeness (QED) is 0.799. The normalized spacial score (nSPS) is 24.6. The van der Waals surface area contributed by atoms with Crippen LogP contribution in [0.15, 0.2) is 18.3 Å². The van der Waals surface area contributed by atoms with Crippen molar-refractivity contribution in [2.75, 3.05) is 30.3 Å². The Morgan fingerprint density at radius 3 is 2.38 bits per heavy atom. The number of carbonyl (C=O) groups excluding carboxylic acids is 2. The van der Waals surface area contributed by atoms with Gasteiger partial charge in [-0.2, -0.15) is 0 Å². The summed E-state index contributed by atoms with van der Waals surface area (Å²) in [6.45, 7) is 4.56. The predicted octanol–water partition coefficient (Wildman–Crippen LogP) is 0.160. The average molecular weight is 380 g/mol. The van der Waals surface area contributed by atoms with E-state index in [1.807, 2.05) is 13.8 Å². The summed E-state index contributed by atoms with van der Waals surface area (Å²) in [6, 6.07) is 2.12. The topological polar surface area (TPSA) is 114 Å². The summed E-state index contributed by atoms with van der Waals surface area (Å²) < 4.78 is 24.5. The zero-order valence-electron chi connectivity index (χ0n) is 15.0. The number of rotatable bonds is 3. The summed E-state index contributed by atoms with van der Waals surface area (Å²) >= 11 is 0. The minimum absolute atomic E-state index is 0.0478. The maximum atomic E-state index is 12.9. The van der Waals surface area contributed by atoms with E-state index in [-0.39, 0.29) is 29.2 Å². The first kappa shape index (κ1) is 18.6. The van der Waals surface area contributed by atoms with Crippen LogP contribution in [0.3, 0.4) is 0 Å². The number of hydrogen-bond acceptors (Lipinski definition) is 6. The molecule has 3 rings (SSSR count). The molecule has 2 atom stereocenters. The molecule has 0 aliphatic carbocycles. The number of sulfone groups is 1. The van der Waals surface area contributed by atoms with Crippen LogP contribution in [0.2, 0.25) is 0 Å². The van der Waals surface area contributed by atoms with E-state index in [4.69, 9.17) is 5.73 Å². The lowest BCUT2D eigenvalue weighted by Crippen LogP contribution is -2.62. The van der Waals surface area contributed by atoms with Crippen molar-refractivity contribution in [3.8, 4) is 0 Å². The van der Waals surface area contributed by atoms with E-state index in [1.54, 1.807) is 21.9 Å². The van der Waals surface area contributed by atoms with Gasteiger partial charge in [0.15, 0.2) is 9.84 Å². The van der Waals surface area contributed by atoms with Crippen molar-refractivity contribution in [2.24, 2.45) is 5.92 Å². The fourth-order valence-electron chi connectivity index (χ4n) is 3.68. The van der Waals surface area contributed by atoms with Crippen LogP contribution in [-0.4, -0.2) is 71.7 Å². The van der Waals surface area contributed by atoms with E-state index in [2.05, 4.69) is 4.98 Å². The van der Waals surface area contributed by atoms with Crippen molar-refractivity contribution >= 4 is 27.5 Å². The lowest BCUT2D eigenvalue weighted by atomic mass is 10.0. The molecule has 1 aromatic rings. The molecule has 2 N–H and O–H groups in total. The Kier molecular flexibility index (Phi) is 4.92. The third-order valence-corrected chi connectivity index (χ3v) is 6.57. The van der Waals surface area contributed by atoms with Crippen molar-refractivity contribution in [3.63, 3.8) is 0 Å². The second-order valence-electron chi connectivity index (χ2n) is 7.37. The molecule has 2 aliphatic heterocycles. The molecular formula is C17H24N4O4S. The molecule has 2 unspecified atom stereocenters. The van der Waals surface area contributed by atoms with Crippen LogP contribution in [0, 0.1) is 5.92 Å². The van der Waals surface area contributed by atoms with Crippen molar-refractivity contribution in [1.29, 1.82) is 0 Å². The highest BCUT2D eigenvalue weighted by Gasteiger charge is 2.49. The predicted molar refractivity (Wildman–Crippen MR) is 97.1 cm³/mol. The van der Waals surface area contributed by atoms with Crippen LogP contribution in [0.4, 0.5) is 5.82 Å². The Bertz CT molecular complexity index is 807. The second-order valence-corrected chi connectivity index (χ2v) is 9.52. The number of nitrogens with zero attached hydrogens (tertiary/aromatic N) is 3. The van der Waals surface area contributed by atoms with Gasteiger partial charge in [-0.15, -0.1) is 0 Å². The van der Waals surface area contributed by atoms with E-state index in [0.29, 0.717) is 30.9 Å². The summed E-state index contributed by atoms with van der Waals surface area (Å²) in [6.07, 6.45) is 1.77. The summed E-state index contributed by atoms with van der Waals surface area (Å²) in [5.41, 5.74) is 5.92. The van der Waals surface area contributed by atoms with E-state index in [9.17, 15) is 18.0 Å². The second kappa shape index (κ2) is 6.86. The molecule has 2 fully saturated rings. The molecule has 1 aromatic heterocycles. The van der Waals surface area contributed by atoms with Crippen LogP contribution >= 0.6 is 0 Å². The van der Waals surface area contributed by atoms with Gasteiger partial charge in [-0.05, 0) is 18.1 Å². The van der Waals surface area contributed by atoms with Gasteiger partial charge in [0.2, 0.25) is 5.91 Å². The van der Waals surface area contributed by atoms with Crippen molar-refractivity contribution in [3.05, 3.63) is 23.9 Å². The van der Waals surface area contributed by atoms with Gasteiger partial charge in [-0.3, -0.25) is 9.59 Å².